The van der Waals surface area contributed by atoms with Gasteiger partial charge in [-0.05, 0) is 42.2 Å². The van der Waals surface area contributed by atoms with E-state index in [9.17, 15) is 9.59 Å². The van der Waals surface area contributed by atoms with E-state index < -0.39 is 0 Å². The monoisotopic (exact) mass is 409 g/mol. The van der Waals surface area contributed by atoms with E-state index in [2.05, 4.69) is 38.2 Å². The first kappa shape index (κ1) is 21.0. The summed E-state index contributed by atoms with van der Waals surface area (Å²) in [6.07, 6.45) is 0. The van der Waals surface area contributed by atoms with Crippen molar-refractivity contribution in [3.63, 3.8) is 0 Å². The summed E-state index contributed by atoms with van der Waals surface area (Å²) in [6, 6.07) is 17.7. The largest absolute Gasteiger partial charge is 0.319 e. The molecule has 0 bridgehead atoms. The summed E-state index contributed by atoms with van der Waals surface area (Å²) in [5.74, 6) is 0.0504. The van der Waals surface area contributed by atoms with Crippen LogP contribution in [-0.2, 0) is 17.3 Å². The van der Waals surface area contributed by atoms with E-state index in [0.29, 0.717) is 11.4 Å². The first-order valence-corrected chi connectivity index (χ1v) is 10.5. The van der Waals surface area contributed by atoms with Crippen LogP contribution in [0, 0.1) is 6.92 Å². The van der Waals surface area contributed by atoms with Crippen LogP contribution in [0.4, 0.5) is 5.69 Å². The molecule has 0 spiro atoms. The maximum absolute atomic E-state index is 12.9. The van der Waals surface area contributed by atoms with E-state index in [1.807, 2.05) is 56.4 Å². The molecule has 0 aliphatic heterocycles. The Balaban J connectivity index is 1.71. The van der Waals surface area contributed by atoms with E-state index in [1.54, 1.807) is 9.36 Å². The highest BCUT2D eigenvalue weighted by atomic mass is 32.2. The van der Waals surface area contributed by atoms with Crippen molar-refractivity contribution in [1.29, 1.82) is 0 Å². The summed E-state index contributed by atoms with van der Waals surface area (Å²) in [5, 5.41) is 2.80. The SMILES string of the molecule is Cc1c(NC(=O)CSc2ccc(C(C)(C)C)cc2)c(=O)n(-c2ccccc2)n1C. The highest BCUT2D eigenvalue weighted by Crippen LogP contribution is 2.25. The molecule has 0 saturated heterocycles. The summed E-state index contributed by atoms with van der Waals surface area (Å²) >= 11 is 1.46. The van der Waals surface area contributed by atoms with Gasteiger partial charge < -0.3 is 5.32 Å². The molecule has 0 unspecified atom stereocenters. The van der Waals surface area contributed by atoms with Crippen LogP contribution in [0.1, 0.15) is 32.0 Å². The van der Waals surface area contributed by atoms with Crippen molar-refractivity contribution in [2.45, 2.75) is 38.0 Å². The van der Waals surface area contributed by atoms with Gasteiger partial charge in [-0.15, -0.1) is 11.8 Å². The molecule has 1 heterocycles. The molecule has 0 fully saturated rings. The van der Waals surface area contributed by atoms with Crippen molar-refractivity contribution in [1.82, 2.24) is 9.36 Å². The number of hydrogen-bond donors (Lipinski definition) is 1. The molecule has 29 heavy (non-hydrogen) atoms. The molecule has 5 nitrogen and oxygen atoms in total. The van der Waals surface area contributed by atoms with E-state index in [1.165, 1.54) is 17.3 Å². The van der Waals surface area contributed by atoms with Crippen molar-refractivity contribution in [3.8, 4) is 5.69 Å². The number of hydrogen-bond acceptors (Lipinski definition) is 3. The first-order valence-electron chi connectivity index (χ1n) is 9.55. The minimum absolute atomic E-state index is 0.101. The number of para-hydroxylation sites is 1. The fourth-order valence-corrected chi connectivity index (χ4v) is 3.79. The van der Waals surface area contributed by atoms with Crippen molar-refractivity contribution in [3.05, 3.63) is 76.2 Å². The Hall–Kier alpha value is -2.73. The molecular formula is C23H27N3O2S. The van der Waals surface area contributed by atoms with Crippen LogP contribution in [-0.4, -0.2) is 21.0 Å². The zero-order valence-corrected chi connectivity index (χ0v) is 18.3. The molecule has 0 aliphatic carbocycles. The van der Waals surface area contributed by atoms with Crippen LogP contribution >= 0.6 is 11.8 Å². The van der Waals surface area contributed by atoms with Crippen molar-refractivity contribution in [2.24, 2.45) is 7.05 Å². The van der Waals surface area contributed by atoms with Gasteiger partial charge in [0.15, 0.2) is 0 Å². The Kier molecular flexibility index (Phi) is 6.03. The van der Waals surface area contributed by atoms with Crippen molar-refractivity contribution in [2.75, 3.05) is 11.1 Å². The standard InChI is InChI=1S/C23H27N3O2S/c1-16-21(22(28)26(25(16)5)18-9-7-6-8-10-18)24-20(27)15-29-19-13-11-17(12-14-19)23(2,3)4/h6-14H,15H2,1-5H3,(H,24,27). The molecule has 0 aliphatic rings. The lowest BCUT2D eigenvalue weighted by molar-refractivity contribution is -0.113. The summed E-state index contributed by atoms with van der Waals surface area (Å²) in [7, 11) is 1.81. The van der Waals surface area contributed by atoms with Gasteiger partial charge in [0.1, 0.15) is 5.69 Å². The number of carbonyl (C=O) groups is 1. The number of aromatic nitrogens is 2. The second kappa shape index (κ2) is 8.33. The van der Waals surface area contributed by atoms with Crippen LogP contribution in [0.2, 0.25) is 0 Å². The molecule has 1 N–H and O–H groups in total. The van der Waals surface area contributed by atoms with Gasteiger partial charge in [-0.1, -0.05) is 51.1 Å². The average Bonchev–Trinajstić information content (AvgIpc) is 2.90. The molecule has 0 radical (unpaired) electrons. The van der Waals surface area contributed by atoms with Crippen LogP contribution < -0.4 is 10.9 Å². The number of nitrogens with zero attached hydrogens (tertiary/aromatic N) is 2. The third-order valence-electron chi connectivity index (χ3n) is 4.91. The molecule has 1 amide bonds. The molecule has 6 heteroatoms. The van der Waals surface area contributed by atoms with E-state index >= 15 is 0 Å². The highest BCUT2D eigenvalue weighted by Gasteiger charge is 2.18. The number of rotatable bonds is 5. The van der Waals surface area contributed by atoms with Crippen LogP contribution in [0.3, 0.4) is 0 Å². The van der Waals surface area contributed by atoms with Crippen LogP contribution in [0.5, 0.6) is 0 Å². The molecule has 0 saturated carbocycles. The molecule has 3 rings (SSSR count). The van der Waals surface area contributed by atoms with Gasteiger partial charge in [-0.2, -0.15) is 0 Å². The number of amides is 1. The van der Waals surface area contributed by atoms with E-state index in [0.717, 1.165) is 10.6 Å². The third-order valence-corrected chi connectivity index (χ3v) is 5.92. The van der Waals surface area contributed by atoms with Crippen LogP contribution in [0.25, 0.3) is 5.69 Å². The molecular weight excluding hydrogens is 382 g/mol. The molecule has 152 valence electrons. The second-order valence-electron chi connectivity index (χ2n) is 8.05. The third kappa shape index (κ3) is 4.65. The number of carbonyl (C=O) groups excluding carboxylic acids is 1. The molecule has 2 aromatic carbocycles. The van der Waals surface area contributed by atoms with E-state index in [4.69, 9.17) is 0 Å². The smallest absolute Gasteiger partial charge is 0.295 e. The Bertz CT molecular complexity index is 1060. The first-order chi connectivity index (χ1) is 13.7. The Morgan fingerprint density at radius 1 is 1.03 bits per heavy atom. The predicted molar refractivity (Wildman–Crippen MR) is 120 cm³/mol. The molecule has 1 aromatic heterocycles. The van der Waals surface area contributed by atoms with Gasteiger partial charge in [-0.3, -0.25) is 14.3 Å². The predicted octanol–water partition coefficient (Wildman–Crippen LogP) is 4.51. The lowest BCUT2D eigenvalue weighted by atomic mass is 9.87. The summed E-state index contributed by atoms with van der Waals surface area (Å²) < 4.78 is 3.31. The van der Waals surface area contributed by atoms with Gasteiger partial charge in [0.2, 0.25) is 5.91 Å². The maximum Gasteiger partial charge on any atom is 0.295 e. The minimum atomic E-state index is -0.232. The summed E-state index contributed by atoms with van der Waals surface area (Å²) in [5.41, 5.74) is 2.93. The lowest BCUT2D eigenvalue weighted by Crippen LogP contribution is -2.23. The van der Waals surface area contributed by atoms with Gasteiger partial charge in [0.05, 0.1) is 17.1 Å². The fraction of sp³-hybridized carbons (Fsp3) is 0.304. The number of anilines is 1. The Labute approximate surface area is 175 Å². The average molecular weight is 410 g/mol. The normalized spacial score (nSPS) is 11.5. The number of nitrogens with one attached hydrogen (secondary N) is 1. The van der Waals surface area contributed by atoms with E-state index in [-0.39, 0.29) is 22.6 Å². The fourth-order valence-electron chi connectivity index (χ4n) is 3.09. The topological polar surface area (TPSA) is 56.0 Å². The number of benzene rings is 2. The lowest BCUT2D eigenvalue weighted by Gasteiger charge is -2.19. The van der Waals surface area contributed by atoms with Gasteiger partial charge in [-0.25, -0.2) is 4.68 Å². The van der Waals surface area contributed by atoms with Gasteiger partial charge in [0.25, 0.3) is 5.56 Å². The zero-order chi connectivity index (χ0) is 21.2. The van der Waals surface area contributed by atoms with Crippen LogP contribution in [0.15, 0.2) is 64.3 Å². The van der Waals surface area contributed by atoms with Crippen molar-refractivity contribution >= 4 is 23.4 Å². The highest BCUT2D eigenvalue weighted by molar-refractivity contribution is 8.00. The molecule has 0 atom stereocenters. The van der Waals surface area contributed by atoms with Gasteiger partial charge in [0, 0.05) is 11.9 Å². The minimum Gasteiger partial charge on any atom is -0.319 e. The second-order valence-corrected chi connectivity index (χ2v) is 9.10. The Morgan fingerprint density at radius 2 is 1.66 bits per heavy atom. The zero-order valence-electron chi connectivity index (χ0n) is 17.5. The summed E-state index contributed by atoms with van der Waals surface area (Å²) in [6.45, 7) is 8.35. The quantitative estimate of drug-likeness (QED) is 0.631. The maximum atomic E-state index is 12.9. The Morgan fingerprint density at radius 3 is 2.24 bits per heavy atom. The van der Waals surface area contributed by atoms with Crippen molar-refractivity contribution < 1.29 is 4.79 Å². The molecule has 3 aromatic rings. The summed E-state index contributed by atoms with van der Waals surface area (Å²) in [4.78, 5) is 26.4. The van der Waals surface area contributed by atoms with Gasteiger partial charge >= 0.3 is 0 Å². The number of thioether (sulfide) groups is 1.